The molecule has 5 nitrogen and oxygen atoms in total. The fourth-order valence-corrected chi connectivity index (χ4v) is 1.89. The second-order valence-electron chi connectivity index (χ2n) is 4.94. The lowest BCUT2D eigenvalue weighted by Crippen LogP contribution is -2.34. The quantitative estimate of drug-likeness (QED) is 0.771. The van der Waals surface area contributed by atoms with Crippen LogP contribution in [0.15, 0.2) is 24.3 Å². The van der Waals surface area contributed by atoms with Crippen LogP contribution >= 0.6 is 0 Å². The first-order valence-corrected chi connectivity index (χ1v) is 6.93. The normalized spacial score (nSPS) is 12.2. The topological polar surface area (TPSA) is 69.6 Å². The number of benzene rings is 1. The van der Waals surface area contributed by atoms with Gasteiger partial charge in [0.05, 0.1) is 5.92 Å². The number of rotatable bonds is 8. The zero-order valence-electron chi connectivity index (χ0n) is 12.3. The van der Waals surface area contributed by atoms with E-state index >= 15 is 0 Å². The molecule has 0 bridgehead atoms. The van der Waals surface area contributed by atoms with E-state index in [2.05, 4.69) is 5.32 Å². The smallest absolute Gasteiger partial charge is 0.307 e. The summed E-state index contributed by atoms with van der Waals surface area (Å²) in [5, 5.41) is 11.5. The minimum atomic E-state index is -0.849. The van der Waals surface area contributed by atoms with E-state index in [4.69, 9.17) is 5.11 Å². The molecule has 0 heterocycles. The Kier molecular flexibility index (Phi) is 6.81. The monoisotopic (exact) mass is 296 g/mol. The molecule has 1 unspecified atom stereocenters. The lowest BCUT2D eigenvalue weighted by molar-refractivity contribution is -0.141. The van der Waals surface area contributed by atoms with Crippen molar-refractivity contribution < 1.29 is 19.1 Å². The second-order valence-corrected chi connectivity index (χ2v) is 4.94. The first kappa shape index (κ1) is 17.1. The van der Waals surface area contributed by atoms with Gasteiger partial charge in [-0.25, -0.2) is 4.39 Å². The zero-order valence-corrected chi connectivity index (χ0v) is 12.3. The molecule has 21 heavy (non-hydrogen) atoms. The maximum absolute atomic E-state index is 13.0. The van der Waals surface area contributed by atoms with Crippen LogP contribution in [0.5, 0.6) is 0 Å². The molecule has 0 aromatic heterocycles. The fourth-order valence-electron chi connectivity index (χ4n) is 1.89. The van der Waals surface area contributed by atoms with Gasteiger partial charge in [-0.3, -0.25) is 9.59 Å². The molecule has 116 valence electrons. The van der Waals surface area contributed by atoms with E-state index in [9.17, 15) is 14.0 Å². The van der Waals surface area contributed by atoms with Crippen LogP contribution in [0.4, 0.5) is 10.1 Å². The molecule has 0 saturated carbocycles. The van der Waals surface area contributed by atoms with Crippen molar-refractivity contribution in [1.29, 1.82) is 0 Å². The molecule has 1 aromatic carbocycles. The highest BCUT2D eigenvalue weighted by Crippen LogP contribution is 2.09. The Morgan fingerprint density at radius 3 is 2.71 bits per heavy atom. The molecule has 0 spiro atoms. The summed E-state index contributed by atoms with van der Waals surface area (Å²) in [6.45, 7) is 5.09. The Bertz CT molecular complexity index is 494. The van der Waals surface area contributed by atoms with Crippen LogP contribution in [0.3, 0.4) is 0 Å². The fraction of sp³-hybridized carbons (Fsp3) is 0.467. The zero-order chi connectivity index (χ0) is 15.8. The predicted octanol–water partition coefficient (Wildman–Crippen LogP) is 2.20. The number of halogens is 1. The van der Waals surface area contributed by atoms with Crippen molar-refractivity contribution in [3.63, 3.8) is 0 Å². The summed E-state index contributed by atoms with van der Waals surface area (Å²) in [5.74, 6) is -1.95. The number of amides is 1. The van der Waals surface area contributed by atoms with Gasteiger partial charge in [-0.15, -0.1) is 0 Å². The summed E-state index contributed by atoms with van der Waals surface area (Å²) >= 11 is 0. The summed E-state index contributed by atoms with van der Waals surface area (Å²) in [4.78, 5) is 24.5. The van der Waals surface area contributed by atoms with Crippen LogP contribution in [-0.4, -0.2) is 41.5 Å². The van der Waals surface area contributed by atoms with Gasteiger partial charge in [-0.2, -0.15) is 0 Å². The first-order chi connectivity index (χ1) is 9.92. The van der Waals surface area contributed by atoms with Crippen LogP contribution in [0.2, 0.25) is 0 Å². The van der Waals surface area contributed by atoms with Gasteiger partial charge >= 0.3 is 5.97 Å². The van der Waals surface area contributed by atoms with Gasteiger partial charge < -0.3 is 15.3 Å². The molecule has 0 aliphatic rings. The van der Waals surface area contributed by atoms with Crippen molar-refractivity contribution in [3.05, 3.63) is 30.1 Å². The first-order valence-electron chi connectivity index (χ1n) is 6.93. The van der Waals surface area contributed by atoms with Crippen LogP contribution in [-0.2, 0) is 9.59 Å². The third-order valence-corrected chi connectivity index (χ3v) is 3.16. The van der Waals surface area contributed by atoms with Gasteiger partial charge in [-0.05, 0) is 24.7 Å². The van der Waals surface area contributed by atoms with Crippen LogP contribution < -0.4 is 5.32 Å². The number of hydrogen-bond acceptors (Lipinski definition) is 3. The summed E-state index contributed by atoms with van der Waals surface area (Å²) in [7, 11) is 0. The Hall–Kier alpha value is -1.95. The maximum Gasteiger partial charge on any atom is 0.307 e. The second kappa shape index (κ2) is 8.36. The van der Waals surface area contributed by atoms with Gasteiger partial charge in [0, 0.05) is 25.2 Å². The summed E-state index contributed by atoms with van der Waals surface area (Å²) in [6, 6.07) is 5.70. The number of carbonyl (C=O) groups excluding carboxylic acids is 1. The van der Waals surface area contributed by atoms with Gasteiger partial charge in [0.15, 0.2) is 0 Å². The molecule has 0 aliphatic carbocycles. The van der Waals surface area contributed by atoms with E-state index < -0.39 is 17.7 Å². The largest absolute Gasteiger partial charge is 0.481 e. The minimum absolute atomic E-state index is 0.220. The molecule has 1 aromatic rings. The van der Waals surface area contributed by atoms with E-state index in [1.165, 1.54) is 18.2 Å². The minimum Gasteiger partial charge on any atom is -0.481 e. The molecule has 1 rings (SSSR count). The number of nitrogens with one attached hydrogen (secondary N) is 1. The molecule has 2 N–H and O–H groups in total. The van der Waals surface area contributed by atoms with Crippen LogP contribution in [0.25, 0.3) is 0 Å². The summed E-state index contributed by atoms with van der Waals surface area (Å²) in [6.07, 6.45) is 0.233. The van der Waals surface area contributed by atoms with Crippen molar-refractivity contribution >= 4 is 17.6 Å². The lowest BCUT2D eigenvalue weighted by atomic mass is 10.1. The molecule has 0 aliphatic heterocycles. The van der Waals surface area contributed by atoms with Gasteiger partial charge in [0.1, 0.15) is 5.82 Å². The molecule has 0 fully saturated rings. The lowest BCUT2D eigenvalue weighted by Gasteiger charge is -2.22. The number of aliphatic carboxylic acids is 1. The number of nitrogens with zero attached hydrogens (tertiary/aromatic N) is 1. The molecule has 1 atom stereocenters. The molecular formula is C15H21FN2O3. The Morgan fingerprint density at radius 2 is 2.14 bits per heavy atom. The van der Waals surface area contributed by atoms with E-state index in [1.54, 1.807) is 13.0 Å². The van der Waals surface area contributed by atoms with E-state index in [-0.39, 0.29) is 12.3 Å². The highest BCUT2D eigenvalue weighted by Gasteiger charge is 2.15. The molecule has 1 amide bonds. The van der Waals surface area contributed by atoms with E-state index in [0.29, 0.717) is 25.3 Å². The van der Waals surface area contributed by atoms with Crippen molar-refractivity contribution in [2.24, 2.45) is 5.92 Å². The van der Waals surface area contributed by atoms with E-state index in [1.807, 2.05) is 11.8 Å². The maximum atomic E-state index is 13.0. The SMILES string of the molecule is CCN(CCC(=O)Nc1cccc(F)c1)CC(C)C(=O)O. The molecule has 0 saturated heterocycles. The molecule has 6 heteroatoms. The Morgan fingerprint density at radius 1 is 1.43 bits per heavy atom. The van der Waals surface area contributed by atoms with Gasteiger partial charge in [-0.1, -0.05) is 19.9 Å². The Balaban J connectivity index is 2.42. The predicted molar refractivity (Wildman–Crippen MR) is 78.6 cm³/mol. The summed E-state index contributed by atoms with van der Waals surface area (Å²) in [5.41, 5.74) is 0.418. The standard InChI is InChI=1S/C15H21FN2O3/c1-3-18(10-11(2)15(20)21)8-7-14(19)17-13-6-4-5-12(16)9-13/h4-6,9,11H,3,7-8,10H2,1-2H3,(H,17,19)(H,20,21). The number of carboxylic acids is 1. The highest BCUT2D eigenvalue weighted by molar-refractivity contribution is 5.90. The van der Waals surface area contributed by atoms with Crippen LogP contribution in [0.1, 0.15) is 20.3 Å². The number of anilines is 1. The van der Waals surface area contributed by atoms with Crippen molar-refractivity contribution in [2.75, 3.05) is 25.0 Å². The average Bonchev–Trinajstić information content (AvgIpc) is 2.43. The van der Waals surface area contributed by atoms with Crippen LogP contribution in [0, 0.1) is 11.7 Å². The highest BCUT2D eigenvalue weighted by atomic mass is 19.1. The molecule has 0 radical (unpaired) electrons. The van der Waals surface area contributed by atoms with Gasteiger partial charge in [0.2, 0.25) is 5.91 Å². The van der Waals surface area contributed by atoms with E-state index in [0.717, 1.165) is 0 Å². The van der Waals surface area contributed by atoms with Crippen molar-refractivity contribution in [3.8, 4) is 0 Å². The van der Waals surface area contributed by atoms with Crippen molar-refractivity contribution in [1.82, 2.24) is 4.90 Å². The number of carbonyl (C=O) groups is 2. The Labute approximate surface area is 123 Å². The number of carboxylic acid groups (broad SMARTS) is 1. The third-order valence-electron chi connectivity index (χ3n) is 3.16. The average molecular weight is 296 g/mol. The van der Waals surface area contributed by atoms with Gasteiger partial charge in [0.25, 0.3) is 0 Å². The van der Waals surface area contributed by atoms with Crippen molar-refractivity contribution in [2.45, 2.75) is 20.3 Å². The number of hydrogen-bond donors (Lipinski definition) is 2. The summed E-state index contributed by atoms with van der Waals surface area (Å²) < 4.78 is 13.0. The molecular weight excluding hydrogens is 275 g/mol. The third kappa shape index (κ3) is 6.35.